The minimum atomic E-state index is -0.919. The smallest absolute Gasteiger partial charge is 0.308 e. The Morgan fingerprint density at radius 3 is 2.41 bits per heavy atom. The molecule has 11 nitrogen and oxygen atoms in total. The van der Waals surface area contributed by atoms with E-state index < -0.39 is 23.8 Å². The van der Waals surface area contributed by atoms with E-state index in [0.29, 0.717) is 54.8 Å². The van der Waals surface area contributed by atoms with E-state index in [0.717, 1.165) is 31.4 Å². The second-order valence-corrected chi connectivity index (χ2v) is 11.6. The SMILES string of the molecule is CCCCN(CCCN(C)C)C(=O)CN1C[C@H](c2cc(OC)c3c(c2)OCO3)[C@@H](C(=O)O)[C@@H]1CCOc1ccccc1OC. The highest BCUT2D eigenvalue weighted by molar-refractivity contribution is 5.79. The quantitative estimate of drug-likeness (QED) is 0.282. The van der Waals surface area contributed by atoms with Gasteiger partial charge in [0.25, 0.3) is 0 Å². The number of carbonyl (C=O) groups is 2. The maximum absolute atomic E-state index is 13.8. The lowest BCUT2D eigenvalue weighted by Gasteiger charge is -2.30. The minimum absolute atomic E-state index is 0.0147. The maximum Gasteiger partial charge on any atom is 0.308 e. The highest BCUT2D eigenvalue weighted by Crippen LogP contribution is 2.47. The number of carbonyl (C=O) groups excluding carboxylic acids is 1. The number of carboxylic acids is 1. The van der Waals surface area contributed by atoms with E-state index in [-0.39, 0.29) is 25.9 Å². The van der Waals surface area contributed by atoms with Gasteiger partial charge in [0.05, 0.1) is 33.3 Å². The molecular weight excluding hydrogens is 566 g/mol. The maximum atomic E-state index is 13.8. The second-order valence-electron chi connectivity index (χ2n) is 11.6. The number of likely N-dealkylation sites (tertiary alicyclic amines) is 1. The molecule has 11 heteroatoms. The largest absolute Gasteiger partial charge is 0.493 e. The standard InChI is InChI=1S/C33H47N3O8/c1-6-7-15-35(16-10-14-34(2)3)30(37)21-36-20-24(23-18-28(41-5)32-29(19-23)43-22-44-32)31(33(38)39)25(36)13-17-42-27-12-9-8-11-26(27)40-4/h8-9,11-12,18-19,24-25,31H,6-7,10,13-17,20-22H2,1-5H3,(H,38,39)/t24-,25+,31-/m1/s1. The Labute approximate surface area is 260 Å². The van der Waals surface area contributed by atoms with Gasteiger partial charge >= 0.3 is 5.97 Å². The highest BCUT2D eigenvalue weighted by Gasteiger charge is 2.47. The molecule has 0 spiro atoms. The monoisotopic (exact) mass is 613 g/mol. The van der Waals surface area contributed by atoms with Crippen molar-refractivity contribution in [1.82, 2.24) is 14.7 Å². The van der Waals surface area contributed by atoms with Gasteiger partial charge in [0.2, 0.25) is 18.4 Å². The number of ether oxygens (including phenoxy) is 5. The average Bonchev–Trinajstić information content (AvgIpc) is 3.63. The third-order valence-corrected chi connectivity index (χ3v) is 8.39. The van der Waals surface area contributed by atoms with E-state index in [1.54, 1.807) is 14.2 Å². The molecule has 2 heterocycles. The Hall–Kier alpha value is -3.70. The summed E-state index contributed by atoms with van der Waals surface area (Å²) in [5, 5.41) is 10.6. The lowest BCUT2D eigenvalue weighted by atomic mass is 9.84. The molecule has 0 saturated carbocycles. The van der Waals surface area contributed by atoms with Crippen molar-refractivity contribution < 1.29 is 38.4 Å². The summed E-state index contributed by atoms with van der Waals surface area (Å²) in [7, 11) is 7.18. The third-order valence-electron chi connectivity index (χ3n) is 8.39. The van der Waals surface area contributed by atoms with Crippen LogP contribution in [-0.2, 0) is 9.59 Å². The minimum Gasteiger partial charge on any atom is -0.493 e. The predicted octanol–water partition coefficient (Wildman–Crippen LogP) is 3.95. The number of hydrogen-bond acceptors (Lipinski definition) is 9. The molecule has 0 aromatic heterocycles. The van der Waals surface area contributed by atoms with E-state index in [2.05, 4.69) is 11.8 Å². The van der Waals surface area contributed by atoms with Crippen LogP contribution in [0.2, 0.25) is 0 Å². The topological polar surface area (TPSA) is 110 Å². The van der Waals surface area contributed by atoms with Crippen LogP contribution in [0.3, 0.4) is 0 Å². The van der Waals surface area contributed by atoms with E-state index in [1.807, 2.05) is 60.3 Å². The first kappa shape index (κ1) is 33.2. The Bertz CT molecular complexity index is 1260. The molecular formula is C33H47N3O8. The molecule has 3 atom stereocenters. The molecule has 0 bridgehead atoms. The lowest BCUT2D eigenvalue weighted by Crippen LogP contribution is -2.45. The molecule has 2 aromatic rings. The Morgan fingerprint density at radius 2 is 1.73 bits per heavy atom. The fourth-order valence-corrected chi connectivity index (χ4v) is 6.14. The van der Waals surface area contributed by atoms with Gasteiger partial charge in [-0.2, -0.15) is 0 Å². The van der Waals surface area contributed by atoms with Crippen LogP contribution in [0, 0.1) is 5.92 Å². The van der Waals surface area contributed by atoms with Crippen LogP contribution in [-0.4, -0.2) is 112 Å². The van der Waals surface area contributed by atoms with Crippen molar-refractivity contribution in [2.45, 2.75) is 44.6 Å². The van der Waals surface area contributed by atoms with Crippen LogP contribution in [0.4, 0.5) is 0 Å². The van der Waals surface area contributed by atoms with Crippen LogP contribution in [0.25, 0.3) is 0 Å². The molecule has 2 aliphatic rings. The van der Waals surface area contributed by atoms with E-state index in [1.165, 1.54) is 0 Å². The van der Waals surface area contributed by atoms with Crippen molar-refractivity contribution in [1.29, 1.82) is 0 Å². The molecule has 1 saturated heterocycles. The van der Waals surface area contributed by atoms with Gasteiger partial charge in [-0.3, -0.25) is 14.5 Å². The van der Waals surface area contributed by atoms with E-state index in [4.69, 9.17) is 23.7 Å². The zero-order chi connectivity index (χ0) is 31.6. The summed E-state index contributed by atoms with van der Waals surface area (Å²) in [6, 6.07) is 10.6. The molecule has 1 fully saturated rings. The highest BCUT2D eigenvalue weighted by atomic mass is 16.7. The molecule has 0 radical (unpaired) electrons. The number of fused-ring (bicyclic) bond motifs is 1. The van der Waals surface area contributed by atoms with Crippen molar-refractivity contribution in [2.75, 3.05) is 74.4 Å². The Morgan fingerprint density at radius 1 is 1.00 bits per heavy atom. The molecule has 1 amide bonds. The molecule has 1 N–H and O–H groups in total. The molecule has 2 aromatic carbocycles. The first-order chi connectivity index (χ1) is 21.3. The zero-order valence-electron chi connectivity index (χ0n) is 26.6. The summed E-state index contributed by atoms with van der Waals surface area (Å²) >= 11 is 0. The number of nitrogens with zero attached hydrogens (tertiary/aromatic N) is 3. The number of para-hydroxylation sites is 2. The average molecular weight is 614 g/mol. The van der Waals surface area contributed by atoms with Gasteiger partial charge in [-0.15, -0.1) is 0 Å². The Kier molecular flexibility index (Phi) is 12.0. The van der Waals surface area contributed by atoms with Crippen LogP contribution in [0.15, 0.2) is 36.4 Å². The fraction of sp³-hybridized carbons (Fsp3) is 0.576. The van der Waals surface area contributed by atoms with Gasteiger partial charge in [0, 0.05) is 31.6 Å². The number of methoxy groups -OCH3 is 2. The van der Waals surface area contributed by atoms with Crippen LogP contribution in [0.1, 0.15) is 44.1 Å². The molecule has 2 aliphatic heterocycles. The molecule has 0 unspecified atom stereocenters. The first-order valence-electron chi connectivity index (χ1n) is 15.4. The number of amides is 1. The first-order valence-corrected chi connectivity index (χ1v) is 15.4. The summed E-state index contributed by atoms with van der Waals surface area (Å²) in [4.78, 5) is 32.8. The van der Waals surface area contributed by atoms with Gasteiger partial charge < -0.3 is 38.6 Å². The zero-order valence-corrected chi connectivity index (χ0v) is 26.6. The van der Waals surface area contributed by atoms with Gasteiger partial charge in [0.15, 0.2) is 23.0 Å². The molecule has 44 heavy (non-hydrogen) atoms. The summed E-state index contributed by atoms with van der Waals surface area (Å²) < 4.78 is 28.3. The summed E-state index contributed by atoms with van der Waals surface area (Å²) in [5.74, 6) is 0.640. The summed E-state index contributed by atoms with van der Waals surface area (Å²) in [5.41, 5.74) is 0.776. The predicted molar refractivity (Wildman–Crippen MR) is 166 cm³/mol. The van der Waals surface area contributed by atoms with Gasteiger partial charge in [0.1, 0.15) is 0 Å². The van der Waals surface area contributed by atoms with Crippen molar-refractivity contribution >= 4 is 11.9 Å². The van der Waals surface area contributed by atoms with Crippen molar-refractivity contribution in [3.63, 3.8) is 0 Å². The van der Waals surface area contributed by atoms with Gasteiger partial charge in [-0.25, -0.2) is 0 Å². The molecule has 242 valence electrons. The second kappa shape index (κ2) is 15.9. The fourth-order valence-electron chi connectivity index (χ4n) is 6.14. The van der Waals surface area contributed by atoms with Gasteiger partial charge in [-0.05, 0) is 69.7 Å². The summed E-state index contributed by atoms with van der Waals surface area (Å²) in [6.45, 7) is 5.21. The van der Waals surface area contributed by atoms with Crippen LogP contribution >= 0.6 is 0 Å². The van der Waals surface area contributed by atoms with Crippen molar-refractivity contribution in [3.05, 3.63) is 42.0 Å². The van der Waals surface area contributed by atoms with Crippen molar-refractivity contribution in [2.24, 2.45) is 5.92 Å². The van der Waals surface area contributed by atoms with Gasteiger partial charge in [-0.1, -0.05) is 25.5 Å². The normalized spacial score (nSPS) is 19.3. The Balaban J connectivity index is 1.60. The number of rotatable bonds is 17. The molecule has 4 rings (SSSR count). The number of hydrogen-bond donors (Lipinski definition) is 1. The van der Waals surface area contributed by atoms with E-state index in [9.17, 15) is 14.7 Å². The third kappa shape index (κ3) is 8.06. The van der Waals surface area contributed by atoms with Crippen LogP contribution < -0.4 is 23.7 Å². The summed E-state index contributed by atoms with van der Waals surface area (Å²) in [6.07, 6.45) is 3.19. The number of unbranched alkanes of at least 4 members (excludes halogenated alkanes) is 1. The van der Waals surface area contributed by atoms with E-state index >= 15 is 0 Å². The molecule has 0 aliphatic carbocycles. The van der Waals surface area contributed by atoms with Crippen LogP contribution in [0.5, 0.6) is 28.7 Å². The number of aliphatic carboxylic acids is 1. The number of carboxylic acid groups (broad SMARTS) is 1. The van der Waals surface area contributed by atoms with Crippen molar-refractivity contribution in [3.8, 4) is 28.7 Å². The lowest BCUT2D eigenvalue weighted by molar-refractivity contribution is -0.144. The number of benzene rings is 2.